The summed E-state index contributed by atoms with van der Waals surface area (Å²) in [6, 6.07) is 6.03. The molecule has 0 unspecified atom stereocenters. The SMILES string of the molecule is Cc1nc([C@@H]2CN(c3cc4nc(C)n(C)c(=O)c4c(-c4ccc(Cl)cc4F)n3)CCO2)no1. The summed E-state index contributed by atoms with van der Waals surface area (Å²) in [6.45, 7) is 4.81. The lowest BCUT2D eigenvalue weighted by molar-refractivity contribution is 0.0324. The van der Waals surface area contributed by atoms with Crippen molar-refractivity contribution in [1.29, 1.82) is 0 Å². The third-order valence-corrected chi connectivity index (χ3v) is 5.91. The fourth-order valence-corrected chi connectivity index (χ4v) is 4.04. The zero-order chi connectivity index (χ0) is 23.3. The van der Waals surface area contributed by atoms with Crippen LogP contribution in [0.1, 0.15) is 23.6 Å². The van der Waals surface area contributed by atoms with Gasteiger partial charge >= 0.3 is 0 Å². The van der Waals surface area contributed by atoms with Gasteiger partial charge in [0, 0.05) is 37.2 Å². The minimum Gasteiger partial charge on any atom is -0.366 e. The number of hydrogen-bond acceptors (Lipinski definition) is 8. The summed E-state index contributed by atoms with van der Waals surface area (Å²) in [5, 5.41) is 4.46. The van der Waals surface area contributed by atoms with Gasteiger partial charge in [0.25, 0.3) is 5.56 Å². The van der Waals surface area contributed by atoms with Crippen LogP contribution in [0.5, 0.6) is 0 Å². The van der Waals surface area contributed by atoms with Gasteiger partial charge in [0.05, 0.1) is 29.7 Å². The number of nitrogens with zero attached hydrogens (tertiary/aromatic N) is 6. The van der Waals surface area contributed by atoms with Crippen LogP contribution in [0.2, 0.25) is 5.02 Å². The second kappa shape index (κ2) is 8.20. The zero-order valence-electron chi connectivity index (χ0n) is 18.2. The van der Waals surface area contributed by atoms with Gasteiger partial charge in [0.1, 0.15) is 23.6 Å². The van der Waals surface area contributed by atoms with E-state index in [1.165, 1.54) is 16.7 Å². The molecule has 33 heavy (non-hydrogen) atoms. The maximum absolute atomic E-state index is 14.9. The summed E-state index contributed by atoms with van der Waals surface area (Å²) in [6.07, 6.45) is -0.414. The minimum atomic E-state index is -0.571. The first-order chi connectivity index (χ1) is 15.8. The third-order valence-electron chi connectivity index (χ3n) is 5.68. The molecule has 0 spiro atoms. The molecule has 5 rings (SSSR count). The van der Waals surface area contributed by atoms with Crippen LogP contribution in [-0.2, 0) is 11.8 Å². The minimum absolute atomic E-state index is 0.174. The van der Waals surface area contributed by atoms with E-state index in [0.29, 0.717) is 48.6 Å². The van der Waals surface area contributed by atoms with Crippen molar-refractivity contribution in [2.75, 3.05) is 24.6 Å². The highest BCUT2D eigenvalue weighted by atomic mass is 35.5. The molecule has 9 nitrogen and oxygen atoms in total. The average molecular weight is 471 g/mol. The van der Waals surface area contributed by atoms with Crippen molar-refractivity contribution in [3.63, 3.8) is 0 Å². The number of ether oxygens (including phenoxy) is 1. The van der Waals surface area contributed by atoms with Crippen LogP contribution in [0.15, 0.2) is 33.6 Å². The van der Waals surface area contributed by atoms with E-state index in [0.717, 1.165) is 0 Å². The third kappa shape index (κ3) is 3.85. The predicted octanol–water partition coefficient (Wildman–Crippen LogP) is 3.37. The Kier molecular flexibility index (Phi) is 5.34. The molecule has 4 heterocycles. The summed E-state index contributed by atoms with van der Waals surface area (Å²) in [5.41, 5.74) is 0.516. The molecule has 4 aromatic rings. The molecular weight excluding hydrogens is 451 g/mol. The first-order valence-corrected chi connectivity index (χ1v) is 10.7. The predicted molar refractivity (Wildman–Crippen MR) is 120 cm³/mol. The lowest BCUT2D eigenvalue weighted by Crippen LogP contribution is -2.39. The standard InChI is InChI=1S/C22H20ClFN6O3/c1-11-25-16-9-18(30-6-7-32-17(10-30)21-26-12(2)33-28-21)27-20(19(16)22(31)29(11)3)14-5-4-13(23)8-15(14)24/h4-5,8-9,17H,6-7,10H2,1-3H3/t17-/m0/s1. The van der Waals surface area contributed by atoms with Gasteiger partial charge in [-0.3, -0.25) is 9.36 Å². The second-order valence-electron chi connectivity index (χ2n) is 7.85. The van der Waals surface area contributed by atoms with Crippen LogP contribution in [0, 0.1) is 19.7 Å². The lowest BCUT2D eigenvalue weighted by atomic mass is 10.1. The van der Waals surface area contributed by atoms with Crippen molar-refractivity contribution in [3.8, 4) is 11.3 Å². The highest BCUT2D eigenvalue weighted by molar-refractivity contribution is 6.30. The number of fused-ring (bicyclic) bond motifs is 1. The number of morpholine rings is 1. The Bertz CT molecular complexity index is 1440. The fourth-order valence-electron chi connectivity index (χ4n) is 3.88. The number of anilines is 1. The Labute approximate surface area is 192 Å². The lowest BCUT2D eigenvalue weighted by Gasteiger charge is -2.32. The van der Waals surface area contributed by atoms with Gasteiger partial charge < -0.3 is 14.2 Å². The smallest absolute Gasteiger partial charge is 0.263 e. The van der Waals surface area contributed by atoms with E-state index in [4.69, 9.17) is 25.8 Å². The Morgan fingerprint density at radius 1 is 1.18 bits per heavy atom. The molecule has 11 heteroatoms. The number of aromatic nitrogens is 5. The topological polar surface area (TPSA) is 99.2 Å². The van der Waals surface area contributed by atoms with Crippen molar-refractivity contribution >= 4 is 28.3 Å². The molecule has 1 aliphatic rings. The van der Waals surface area contributed by atoms with E-state index >= 15 is 0 Å². The van der Waals surface area contributed by atoms with Crippen molar-refractivity contribution in [3.05, 3.63) is 63.0 Å². The molecule has 0 amide bonds. The Morgan fingerprint density at radius 2 is 2.00 bits per heavy atom. The Morgan fingerprint density at radius 3 is 2.73 bits per heavy atom. The van der Waals surface area contributed by atoms with Crippen molar-refractivity contribution in [2.45, 2.75) is 20.0 Å². The summed E-state index contributed by atoms with van der Waals surface area (Å²) < 4.78 is 27.2. The summed E-state index contributed by atoms with van der Waals surface area (Å²) in [4.78, 5) is 28.7. The molecule has 0 bridgehead atoms. The van der Waals surface area contributed by atoms with Crippen LogP contribution in [0.25, 0.3) is 22.2 Å². The van der Waals surface area contributed by atoms with Gasteiger partial charge in [-0.15, -0.1) is 0 Å². The monoisotopic (exact) mass is 470 g/mol. The van der Waals surface area contributed by atoms with E-state index in [-0.39, 0.29) is 27.2 Å². The number of halogens is 2. The van der Waals surface area contributed by atoms with Crippen LogP contribution < -0.4 is 10.5 Å². The van der Waals surface area contributed by atoms with Crippen LogP contribution in [-0.4, -0.2) is 44.4 Å². The van der Waals surface area contributed by atoms with E-state index < -0.39 is 11.9 Å². The first-order valence-electron chi connectivity index (χ1n) is 10.3. The quantitative estimate of drug-likeness (QED) is 0.449. The molecule has 1 aromatic carbocycles. The molecule has 0 N–H and O–H groups in total. The van der Waals surface area contributed by atoms with Gasteiger partial charge in [-0.1, -0.05) is 16.8 Å². The van der Waals surface area contributed by atoms with Crippen LogP contribution in [0.3, 0.4) is 0 Å². The molecule has 0 aliphatic carbocycles. The molecule has 1 saturated heterocycles. The van der Waals surface area contributed by atoms with E-state index in [1.807, 2.05) is 4.90 Å². The van der Waals surface area contributed by atoms with Gasteiger partial charge in [-0.05, 0) is 25.1 Å². The van der Waals surface area contributed by atoms with Crippen LogP contribution >= 0.6 is 11.6 Å². The van der Waals surface area contributed by atoms with Crippen molar-refractivity contribution < 1.29 is 13.7 Å². The Balaban J connectivity index is 1.67. The summed E-state index contributed by atoms with van der Waals surface area (Å²) >= 11 is 5.95. The molecule has 3 aromatic heterocycles. The molecule has 0 radical (unpaired) electrons. The maximum atomic E-state index is 14.9. The molecule has 1 aliphatic heterocycles. The molecule has 1 atom stereocenters. The van der Waals surface area contributed by atoms with E-state index in [2.05, 4.69) is 15.1 Å². The highest BCUT2D eigenvalue weighted by Gasteiger charge is 2.28. The van der Waals surface area contributed by atoms with Gasteiger partial charge in [-0.2, -0.15) is 4.98 Å². The largest absolute Gasteiger partial charge is 0.366 e. The summed E-state index contributed by atoms with van der Waals surface area (Å²) in [7, 11) is 1.62. The van der Waals surface area contributed by atoms with E-state index in [1.54, 1.807) is 33.0 Å². The van der Waals surface area contributed by atoms with Gasteiger partial charge in [-0.25, -0.2) is 14.4 Å². The molecule has 170 valence electrons. The van der Waals surface area contributed by atoms with Gasteiger partial charge in [0.15, 0.2) is 0 Å². The highest BCUT2D eigenvalue weighted by Crippen LogP contribution is 2.32. The Hall–Kier alpha value is -3.37. The van der Waals surface area contributed by atoms with Crippen LogP contribution in [0.4, 0.5) is 10.2 Å². The molecular formula is C22H20ClFN6O3. The average Bonchev–Trinajstić information content (AvgIpc) is 3.23. The number of hydrogen-bond donors (Lipinski definition) is 0. The van der Waals surface area contributed by atoms with Crippen molar-refractivity contribution in [1.82, 2.24) is 24.7 Å². The molecule has 1 fully saturated rings. The summed E-state index contributed by atoms with van der Waals surface area (Å²) in [5.74, 6) is 1.41. The van der Waals surface area contributed by atoms with E-state index in [9.17, 15) is 9.18 Å². The number of aryl methyl sites for hydroxylation is 2. The number of benzene rings is 1. The first kappa shape index (κ1) is 21.5. The molecule has 0 saturated carbocycles. The second-order valence-corrected chi connectivity index (χ2v) is 8.28. The maximum Gasteiger partial charge on any atom is 0.263 e. The number of rotatable bonds is 3. The number of pyridine rings is 1. The normalized spacial score (nSPS) is 16.5. The van der Waals surface area contributed by atoms with Gasteiger partial charge in [0.2, 0.25) is 11.7 Å². The fraction of sp³-hybridized carbons (Fsp3) is 0.318. The van der Waals surface area contributed by atoms with Crippen molar-refractivity contribution in [2.24, 2.45) is 7.05 Å². The zero-order valence-corrected chi connectivity index (χ0v) is 18.9.